The number of anilines is 1. The maximum Gasteiger partial charge on any atom is 0.260 e. The van der Waals surface area contributed by atoms with E-state index in [4.69, 9.17) is 4.74 Å². The normalized spacial score (nSPS) is 11.4. The summed E-state index contributed by atoms with van der Waals surface area (Å²) in [5, 5.41) is 3.90. The number of ether oxygens (including phenoxy) is 1. The zero-order chi connectivity index (χ0) is 21.3. The van der Waals surface area contributed by atoms with Gasteiger partial charge >= 0.3 is 0 Å². The standard InChI is InChI=1S/C20H24BrN3O4S/c1-3-4-13-28-19-11-5-16(6-12-19)14-22-23-20(25)15-24(29(2,26)27)18-9-7-17(21)8-10-18/h5-12,14H,3-4,13,15H2,1-2H3,(H,23,25)/b22-14-. The smallest absolute Gasteiger partial charge is 0.260 e. The summed E-state index contributed by atoms with van der Waals surface area (Å²) in [5.41, 5.74) is 3.53. The van der Waals surface area contributed by atoms with Gasteiger partial charge in [-0.15, -0.1) is 0 Å². The number of rotatable bonds is 10. The van der Waals surface area contributed by atoms with Crippen LogP contribution < -0.4 is 14.5 Å². The van der Waals surface area contributed by atoms with Crippen LogP contribution in [-0.4, -0.2) is 39.9 Å². The zero-order valence-corrected chi connectivity index (χ0v) is 18.7. The highest BCUT2D eigenvalue weighted by molar-refractivity contribution is 9.10. The monoisotopic (exact) mass is 481 g/mol. The Balaban J connectivity index is 1.94. The highest BCUT2D eigenvalue weighted by atomic mass is 79.9. The van der Waals surface area contributed by atoms with Crippen LogP contribution in [0.2, 0.25) is 0 Å². The molecule has 29 heavy (non-hydrogen) atoms. The molecule has 2 aromatic rings. The molecule has 1 N–H and O–H groups in total. The summed E-state index contributed by atoms with van der Waals surface area (Å²) < 4.78 is 31.5. The van der Waals surface area contributed by atoms with Gasteiger partial charge in [-0.2, -0.15) is 5.10 Å². The van der Waals surface area contributed by atoms with Crippen molar-refractivity contribution >= 4 is 43.8 Å². The molecule has 0 heterocycles. The number of carbonyl (C=O) groups excluding carboxylic acids is 1. The SMILES string of the molecule is CCCCOc1ccc(/C=N\NC(=O)CN(c2ccc(Br)cc2)S(C)(=O)=O)cc1. The van der Waals surface area contributed by atoms with E-state index < -0.39 is 15.9 Å². The number of benzene rings is 2. The number of hydrogen-bond acceptors (Lipinski definition) is 5. The van der Waals surface area contributed by atoms with Crippen molar-refractivity contribution in [2.24, 2.45) is 5.10 Å². The molecule has 0 spiro atoms. The minimum atomic E-state index is -3.63. The Bertz CT molecular complexity index is 929. The third-order valence-electron chi connectivity index (χ3n) is 3.85. The third-order valence-corrected chi connectivity index (χ3v) is 5.52. The van der Waals surface area contributed by atoms with Gasteiger partial charge in [0, 0.05) is 4.47 Å². The summed E-state index contributed by atoms with van der Waals surface area (Å²) in [6, 6.07) is 14.0. The molecule has 9 heteroatoms. The van der Waals surface area contributed by atoms with Gasteiger partial charge in [-0.3, -0.25) is 9.10 Å². The minimum Gasteiger partial charge on any atom is -0.494 e. The number of hydrogen-bond donors (Lipinski definition) is 1. The maximum atomic E-state index is 12.2. The molecule has 0 fully saturated rings. The predicted molar refractivity (Wildman–Crippen MR) is 119 cm³/mol. The van der Waals surface area contributed by atoms with Gasteiger partial charge in [0.15, 0.2) is 0 Å². The number of halogens is 1. The number of unbranched alkanes of at least 4 members (excludes halogenated alkanes) is 1. The molecule has 0 atom stereocenters. The Morgan fingerprint density at radius 1 is 1.17 bits per heavy atom. The lowest BCUT2D eigenvalue weighted by Crippen LogP contribution is -2.38. The molecule has 2 aromatic carbocycles. The van der Waals surface area contributed by atoms with Crippen molar-refractivity contribution in [1.82, 2.24) is 5.43 Å². The molecule has 0 aliphatic rings. The Morgan fingerprint density at radius 2 is 1.83 bits per heavy atom. The number of nitrogens with one attached hydrogen (secondary N) is 1. The van der Waals surface area contributed by atoms with Gasteiger partial charge in [0.2, 0.25) is 10.0 Å². The van der Waals surface area contributed by atoms with Crippen LogP contribution >= 0.6 is 15.9 Å². The van der Waals surface area contributed by atoms with E-state index >= 15 is 0 Å². The molecule has 2 rings (SSSR count). The molecule has 0 aliphatic carbocycles. The van der Waals surface area contributed by atoms with Crippen molar-refractivity contribution in [2.75, 3.05) is 23.7 Å². The second-order valence-corrected chi connectivity index (χ2v) is 9.13. The topological polar surface area (TPSA) is 88.1 Å². The Hall–Kier alpha value is -2.39. The molecule has 0 aliphatic heterocycles. The Labute approximate surface area is 179 Å². The zero-order valence-electron chi connectivity index (χ0n) is 16.3. The number of hydrazone groups is 1. The van der Waals surface area contributed by atoms with Crippen molar-refractivity contribution < 1.29 is 17.9 Å². The summed E-state index contributed by atoms with van der Waals surface area (Å²) in [4.78, 5) is 12.2. The lowest BCUT2D eigenvalue weighted by atomic mass is 10.2. The van der Waals surface area contributed by atoms with E-state index in [0.29, 0.717) is 12.3 Å². The maximum absolute atomic E-state index is 12.2. The quantitative estimate of drug-likeness (QED) is 0.319. The Morgan fingerprint density at radius 3 is 2.41 bits per heavy atom. The molecule has 0 saturated heterocycles. The first-order valence-electron chi connectivity index (χ1n) is 9.07. The highest BCUT2D eigenvalue weighted by Crippen LogP contribution is 2.20. The lowest BCUT2D eigenvalue weighted by molar-refractivity contribution is -0.119. The highest BCUT2D eigenvalue weighted by Gasteiger charge is 2.20. The van der Waals surface area contributed by atoms with Gasteiger partial charge in [0.25, 0.3) is 5.91 Å². The van der Waals surface area contributed by atoms with Gasteiger partial charge in [-0.1, -0.05) is 29.3 Å². The van der Waals surface area contributed by atoms with E-state index in [2.05, 4.69) is 33.4 Å². The molecular formula is C20H24BrN3O4S. The van der Waals surface area contributed by atoms with Crippen molar-refractivity contribution in [3.63, 3.8) is 0 Å². The number of nitrogens with zero attached hydrogens (tertiary/aromatic N) is 2. The first-order valence-corrected chi connectivity index (χ1v) is 11.7. The van der Waals surface area contributed by atoms with E-state index in [1.54, 1.807) is 24.3 Å². The van der Waals surface area contributed by atoms with Gasteiger partial charge < -0.3 is 4.74 Å². The minimum absolute atomic E-state index is 0.373. The van der Waals surface area contributed by atoms with Crippen LogP contribution in [0, 0.1) is 0 Å². The van der Waals surface area contributed by atoms with Gasteiger partial charge in [0.05, 0.1) is 24.8 Å². The van der Waals surface area contributed by atoms with Crippen LogP contribution in [0.15, 0.2) is 58.1 Å². The third kappa shape index (κ3) is 7.86. The van der Waals surface area contributed by atoms with Crippen LogP contribution in [0.25, 0.3) is 0 Å². The molecule has 0 saturated carbocycles. The molecule has 7 nitrogen and oxygen atoms in total. The van der Waals surface area contributed by atoms with E-state index in [0.717, 1.165) is 39.2 Å². The van der Waals surface area contributed by atoms with Crippen LogP contribution in [-0.2, 0) is 14.8 Å². The van der Waals surface area contributed by atoms with E-state index in [1.165, 1.54) is 6.21 Å². The van der Waals surface area contributed by atoms with E-state index in [-0.39, 0.29) is 6.54 Å². The molecule has 0 unspecified atom stereocenters. The van der Waals surface area contributed by atoms with Gasteiger partial charge in [-0.25, -0.2) is 13.8 Å². The van der Waals surface area contributed by atoms with Crippen molar-refractivity contribution in [1.29, 1.82) is 0 Å². The average Bonchev–Trinajstić information content (AvgIpc) is 2.67. The largest absolute Gasteiger partial charge is 0.494 e. The summed E-state index contributed by atoms with van der Waals surface area (Å²) in [5.74, 6) is 0.229. The second kappa shape index (κ2) is 11.0. The average molecular weight is 482 g/mol. The number of carbonyl (C=O) groups is 1. The first-order chi connectivity index (χ1) is 13.8. The molecule has 156 valence electrons. The number of amides is 1. The fourth-order valence-corrected chi connectivity index (χ4v) is 3.46. The predicted octanol–water partition coefficient (Wildman–Crippen LogP) is 3.54. The molecule has 0 bridgehead atoms. The van der Waals surface area contributed by atoms with Crippen LogP contribution in [0.1, 0.15) is 25.3 Å². The molecule has 1 amide bonds. The first kappa shape index (κ1) is 22.9. The fraction of sp³-hybridized carbons (Fsp3) is 0.300. The van der Waals surface area contributed by atoms with Crippen LogP contribution in [0.4, 0.5) is 5.69 Å². The number of sulfonamides is 1. The van der Waals surface area contributed by atoms with E-state index in [1.807, 2.05) is 24.3 Å². The molecule has 0 aromatic heterocycles. The second-order valence-electron chi connectivity index (χ2n) is 6.31. The van der Waals surface area contributed by atoms with Crippen LogP contribution in [0.5, 0.6) is 5.75 Å². The summed E-state index contributed by atoms with van der Waals surface area (Å²) in [6.07, 6.45) is 4.61. The summed E-state index contributed by atoms with van der Waals surface area (Å²) in [7, 11) is -3.63. The fourth-order valence-electron chi connectivity index (χ4n) is 2.34. The lowest BCUT2D eigenvalue weighted by Gasteiger charge is -2.21. The Kier molecular flexibility index (Phi) is 8.66. The summed E-state index contributed by atoms with van der Waals surface area (Å²) >= 11 is 3.30. The van der Waals surface area contributed by atoms with Crippen LogP contribution in [0.3, 0.4) is 0 Å². The summed E-state index contributed by atoms with van der Waals surface area (Å²) in [6.45, 7) is 2.41. The van der Waals surface area contributed by atoms with Gasteiger partial charge in [-0.05, 0) is 60.5 Å². The van der Waals surface area contributed by atoms with Crippen molar-refractivity contribution in [3.05, 3.63) is 58.6 Å². The molecular weight excluding hydrogens is 458 g/mol. The molecule has 0 radical (unpaired) electrons. The van der Waals surface area contributed by atoms with E-state index in [9.17, 15) is 13.2 Å². The van der Waals surface area contributed by atoms with Crippen molar-refractivity contribution in [2.45, 2.75) is 19.8 Å². The van der Waals surface area contributed by atoms with Gasteiger partial charge in [0.1, 0.15) is 12.3 Å². The van der Waals surface area contributed by atoms with Crippen molar-refractivity contribution in [3.8, 4) is 5.75 Å².